The van der Waals surface area contributed by atoms with E-state index in [1.54, 1.807) is 6.20 Å². The summed E-state index contributed by atoms with van der Waals surface area (Å²) >= 11 is 0. The van der Waals surface area contributed by atoms with Crippen molar-refractivity contribution in [3.8, 4) is 0 Å². The Kier molecular flexibility index (Phi) is 3.33. The van der Waals surface area contributed by atoms with Gasteiger partial charge in [0.25, 0.3) is 0 Å². The van der Waals surface area contributed by atoms with Crippen LogP contribution in [0.4, 0.5) is 0 Å². The Balaban J connectivity index is 2.62. The van der Waals surface area contributed by atoms with E-state index in [1.165, 1.54) is 5.57 Å². The third kappa shape index (κ3) is 2.38. The highest BCUT2D eigenvalue weighted by Crippen LogP contribution is 2.06. The molecule has 0 saturated carbocycles. The Morgan fingerprint density at radius 1 is 1.67 bits per heavy atom. The van der Waals surface area contributed by atoms with Crippen molar-refractivity contribution in [2.75, 3.05) is 0 Å². The van der Waals surface area contributed by atoms with Gasteiger partial charge in [0.05, 0.1) is 6.20 Å². The van der Waals surface area contributed by atoms with Gasteiger partial charge in [0.2, 0.25) is 0 Å². The third-order valence-electron chi connectivity index (χ3n) is 1.70. The summed E-state index contributed by atoms with van der Waals surface area (Å²) in [5, 5.41) is 3.61. The smallest absolute Gasteiger partial charge is 0.159 e. The summed E-state index contributed by atoms with van der Waals surface area (Å²) in [6.45, 7) is 4.16. The summed E-state index contributed by atoms with van der Waals surface area (Å²) < 4.78 is 4.91. The van der Waals surface area contributed by atoms with Gasteiger partial charge in [-0.2, -0.15) is 0 Å². The fourth-order valence-electron chi connectivity index (χ4n) is 0.919. The molecular weight excluding hydrogens is 150 g/mol. The van der Waals surface area contributed by atoms with E-state index < -0.39 is 0 Å². The Labute approximate surface area is 72.6 Å². The normalized spacial score (nSPS) is 12.7. The minimum Gasteiger partial charge on any atom is -0.357 e. The quantitative estimate of drug-likeness (QED) is 0.640. The minimum atomic E-state index is 0.794. The lowest BCUT2D eigenvalue weighted by Gasteiger charge is -1.91. The highest BCUT2D eigenvalue weighted by molar-refractivity contribution is 5.46. The molecule has 0 aliphatic rings. The molecule has 0 saturated heterocycles. The lowest BCUT2D eigenvalue weighted by molar-refractivity contribution is 0.412. The molecular formula is C10H13NO. The fourth-order valence-corrected chi connectivity index (χ4v) is 0.919. The van der Waals surface area contributed by atoms with E-state index in [1.807, 2.05) is 25.1 Å². The van der Waals surface area contributed by atoms with Crippen molar-refractivity contribution in [2.45, 2.75) is 20.3 Å². The minimum absolute atomic E-state index is 0.794. The predicted molar refractivity (Wildman–Crippen MR) is 49.6 cm³/mol. The maximum atomic E-state index is 4.91. The zero-order valence-corrected chi connectivity index (χ0v) is 7.45. The molecule has 0 radical (unpaired) electrons. The monoisotopic (exact) mass is 163 g/mol. The largest absolute Gasteiger partial charge is 0.357 e. The first-order valence-electron chi connectivity index (χ1n) is 4.10. The third-order valence-corrected chi connectivity index (χ3v) is 1.70. The van der Waals surface area contributed by atoms with Crippen LogP contribution in [0.25, 0.3) is 6.08 Å². The summed E-state index contributed by atoms with van der Waals surface area (Å²) in [6.07, 6.45) is 8.74. The molecule has 1 rings (SSSR count). The van der Waals surface area contributed by atoms with E-state index >= 15 is 0 Å². The van der Waals surface area contributed by atoms with Crippen molar-refractivity contribution < 1.29 is 4.52 Å². The number of allylic oxidation sites excluding steroid dienone is 3. The van der Waals surface area contributed by atoms with E-state index in [2.05, 4.69) is 18.2 Å². The van der Waals surface area contributed by atoms with Gasteiger partial charge in [0.15, 0.2) is 5.76 Å². The summed E-state index contributed by atoms with van der Waals surface area (Å²) in [5.74, 6) is 0.794. The van der Waals surface area contributed by atoms with Crippen LogP contribution >= 0.6 is 0 Å². The Morgan fingerprint density at radius 3 is 3.00 bits per heavy atom. The zero-order valence-electron chi connectivity index (χ0n) is 7.45. The molecule has 1 aromatic heterocycles. The van der Waals surface area contributed by atoms with Crippen LogP contribution in [-0.4, -0.2) is 5.16 Å². The molecule has 1 aromatic rings. The molecule has 0 aromatic carbocycles. The number of aromatic nitrogens is 1. The van der Waals surface area contributed by atoms with E-state index in [9.17, 15) is 0 Å². The maximum absolute atomic E-state index is 4.91. The predicted octanol–water partition coefficient (Wildman–Crippen LogP) is 3.04. The standard InChI is InChI=1S/C10H13NO/c1-3-9(4-2)5-6-10-7-8-11-12-10/h3,5-8H,4H2,1-2H3/b6-5-,9-3-. The van der Waals surface area contributed by atoms with E-state index in [-0.39, 0.29) is 0 Å². The second-order valence-corrected chi connectivity index (χ2v) is 2.47. The molecule has 0 bridgehead atoms. The molecule has 12 heavy (non-hydrogen) atoms. The Bertz CT molecular complexity index is 270. The van der Waals surface area contributed by atoms with E-state index in [0.29, 0.717) is 0 Å². The van der Waals surface area contributed by atoms with Crippen molar-refractivity contribution in [3.63, 3.8) is 0 Å². The molecule has 0 N–H and O–H groups in total. The van der Waals surface area contributed by atoms with Gasteiger partial charge in [-0.05, 0) is 19.4 Å². The van der Waals surface area contributed by atoms with Gasteiger partial charge in [0.1, 0.15) is 0 Å². The van der Waals surface area contributed by atoms with Gasteiger partial charge in [-0.3, -0.25) is 0 Å². The first kappa shape index (κ1) is 8.78. The summed E-state index contributed by atoms with van der Waals surface area (Å²) in [5.41, 5.74) is 1.30. The molecule has 0 spiro atoms. The van der Waals surface area contributed by atoms with Gasteiger partial charge in [-0.25, -0.2) is 0 Å². The first-order chi connectivity index (χ1) is 5.86. The Morgan fingerprint density at radius 2 is 2.50 bits per heavy atom. The molecule has 64 valence electrons. The number of hydrogen-bond acceptors (Lipinski definition) is 2. The molecule has 0 aliphatic carbocycles. The number of nitrogens with zero attached hydrogens (tertiary/aromatic N) is 1. The van der Waals surface area contributed by atoms with Crippen molar-refractivity contribution in [3.05, 3.63) is 35.7 Å². The number of rotatable bonds is 3. The van der Waals surface area contributed by atoms with Gasteiger partial charge >= 0.3 is 0 Å². The van der Waals surface area contributed by atoms with Crippen molar-refractivity contribution in [2.24, 2.45) is 0 Å². The van der Waals surface area contributed by atoms with Crippen molar-refractivity contribution >= 4 is 6.08 Å². The van der Waals surface area contributed by atoms with Crippen LogP contribution in [-0.2, 0) is 0 Å². The highest BCUT2D eigenvalue weighted by atomic mass is 16.5. The van der Waals surface area contributed by atoms with Crippen LogP contribution in [0.3, 0.4) is 0 Å². The second-order valence-electron chi connectivity index (χ2n) is 2.47. The van der Waals surface area contributed by atoms with Crippen molar-refractivity contribution in [1.29, 1.82) is 0 Å². The van der Waals surface area contributed by atoms with Gasteiger partial charge in [-0.15, -0.1) is 0 Å². The van der Waals surface area contributed by atoms with Crippen LogP contribution in [0.1, 0.15) is 26.0 Å². The van der Waals surface area contributed by atoms with E-state index in [4.69, 9.17) is 4.52 Å². The van der Waals surface area contributed by atoms with Crippen LogP contribution < -0.4 is 0 Å². The van der Waals surface area contributed by atoms with Crippen molar-refractivity contribution in [1.82, 2.24) is 5.16 Å². The van der Waals surface area contributed by atoms with E-state index in [0.717, 1.165) is 12.2 Å². The summed E-state index contributed by atoms with van der Waals surface area (Å²) in [4.78, 5) is 0. The average Bonchev–Trinajstić information content (AvgIpc) is 2.59. The topological polar surface area (TPSA) is 26.0 Å². The molecule has 2 heteroatoms. The molecule has 0 amide bonds. The highest BCUT2D eigenvalue weighted by Gasteiger charge is 1.89. The molecule has 1 heterocycles. The van der Waals surface area contributed by atoms with Crippen LogP contribution in [0.5, 0.6) is 0 Å². The van der Waals surface area contributed by atoms with Crippen LogP contribution in [0, 0.1) is 0 Å². The molecule has 0 fully saturated rings. The zero-order chi connectivity index (χ0) is 8.81. The SMILES string of the molecule is C/C=C(\C=C/c1ccno1)CC. The molecule has 2 nitrogen and oxygen atoms in total. The second kappa shape index (κ2) is 4.54. The molecule has 0 atom stereocenters. The van der Waals surface area contributed by atoms with Gasteiger partial charge < -0.3 is 4.52 Å². The summed E-state index contributed by atoms with van der Waals surface area (Å²) in [6, 6.07) is 1.83. The molecule has 0 aliphatic heterocycles. The van der Waals surface area contributed by atoms with Crippen LogP contribution in [0.15, 0.2) is 34.5 Å². The maximum Gasteiger partial charge on any atom is 0.159 e. The summed E-state index contributed by atoms with van der Waals surface area (Å²) in [7, 11) is 0. The number of hydrogen-bond donors (Lipinski definition) is 0. The van der Waals surface area contributed by atoms with Gasteiger partial charge in [-0.1, -0.05) is 29.8 Å². The first-order valence-corrected chi connectivity index (χ1v) is 4.10. The fraction of sp³-hybridized carbons (Fsp3) is 0.300. The molecule has 0 unspecified atom stereocenters. The lowest BCUT2D eigenvalue weighted by atomic mass is 10.2. The lowest BCUT2D eigenvalue weighted by Crippen LogP contribution is -1.71. The average molecular weight is 163 g/mol. The Hall–Kier alpha value is -1.31. The van der Waals surface area contributed by atoms with Gasteiger partial charge in [0, 0.05) is 6.07 Å². The van der Waals surface area contributed by atoms with Crippen LogP contribution in [0.2, 0.25) is 0 Å².